The van der Waals surface area contributed by atoms with Crippen LogP contribution >= 0.6 is 0 Å². The molecule has 7 heteroatoms. The second-order valence-electron chi connectivity index (χ2n) is 7.56. The molecule has 158 valence electrons. The molecule has 4 rings (SSSR count). The molecule has 4 aromatic rings. The summed E-state index contributed by atoms with van der Waals surface area (Å²) in [7, 11) is 0. The third-order valence-electron chi connectivity index (χ3n) is 5.21. The molecule has 0 fully saturated rings. The molecule has 1 unspecified atom stereocenters. The second kappa shape index (κ2) is 8.36. The minimum Gasteiger partial charge on any atom is -0.478 e. The Labute approximate surface area is 184 Å². The first-order valence-electron chi connectivity index (χ1n) is 10.0. The van der Waals surface area contributed by atoms with Crippen LogP contribution in [0.3, 0.4) is 0 Å². The van der Waals surface area contributed by atoms with Crippen LogP contribution in [0.4, 0.5) is 5.69 Å². The average Bonchev–Trinajstić information content (AvgIpc) is 2.79. The highest BCUT2D eigenvalue weighted by Crippen LogP contribution is 2.27. The Balaban J connectivity index is 1.86. The first-order chi connectivity index (χ1) is 15.4. The lowest BCUT2D eigenvalue weighted by molar-refractivity contribution is 0.0698. The number of nitrogens with zero attached hydrogens (tertiary/aromatic N) is 3. The predicted molar refractivity (Wildman–Crippen MR) is 122 cm³/mol. The molecule has 2 aromatic carbocycles. The number of carboxylic acid groups (broad SMARTS) is 1. The number of aromatic carboxylic acids is 1. The van der Waals surface area contributed by atoms with Crippen molar-refractivity contribution in [3.8, 4) is 17.3 Å². The number of hydrogen-bond donors (Lipinski definition) is 2. The monoisotopic (exact) mass is 424 g/mol. The first-order valence-corrected chi connectivity index (χ1v) is 10.0. The van der Waals surface area contributed by atoms with Gasteiger partial charge in [-0.2, -0.15) is 5.26 Å². The molecule has 0 aliphatic carbocycles. The van der Waals surface area contributed by atoms with Crippen molar-refractivity contribution >= 4 is 17.3 Å². The van der Waals surface area contributed by atoms with E-state index in [9.17, 15) is 20.0 Å². The number of rotatable bonds is 5. The topological polar surface area (TPSA) is 107 Å². The van der Waals surface area contributed by atoms with Gasteiger partial charge in [-0.05, 0) is 49.7 Å². The SMILES string of the molecule is Cc1cc(C(C)Nc2ccccc2C(=O)O)c2nc(-c3cccc(C#N)c3)cc(=O)n2c1. The number of aromatic nitrogens is 2. The number of pyridine rings is 1. The summed E-state index contributed by atoms with van der Waals surface area (Å²) in [6, 6.07) is 18.8. The van der Waals surface area contributed by atoms with E-state index in [-0.39, 0.29) is 17.2 Å². The Morgan fingerprint density at radius 1 is 1.16 bits per heavy atom. The molecule has 0 saturated carbocycles. The van der Waals surface area contributed by atoms with Gasteiger partial charge in [-0.15, -0.1) is 0 Å². The Morgan fingerprint density at radius 2 is 1.94 bits per heavy atom. The number of nitriles is 1. The fourth-order valence-corrected chi connectivity index (χ4v) is 3.69. The summed E-state index contributed by atoms with van der Waals surface area (Å²) in [5.41, 5.74) is 4.11. The van der Waals surface area contributed by atoms with Crippen LogP contribution in [0.15, 0.2) is 71.7 Å². The number of aryl methyl sites for hydroxylation is 1. The molecule has 2 heterocycles. The van der Waals surface area contributed by atoms with Gasteiger partial charge in [-0.25, -0.2) is 9.78 Å². The van der Waals surface area contributed by atoms with Gasteiger partial charge in [0.25, 0.3) is 5.56 Å². The minimum atomic E-state index is -1.02. The molecule has 2 aromatic heterocycles. The summed E-state index contributed by atoms with van der Waals surface area (Å²) in [5, 5.41) is 21.9. The fraction of sp³-hybridized carbons (Fsp3) is 0.120. The molecule has 0 bridgehead atoms. The molecule has 0 spiro atoms. The number of benzene rings is 2. The van der Waals surface area contributed by atoms with Crippen molar-refractivity contribution in [3.63, 3.8) is 0 Å². The zero-order valence-electron chi connectivity index (χ0n) is 17.5. The van der Waals surface area contributed by atoms with Crippen LogP contribution in [0.5, 0.6) is 0 Å². The molecule has 0 saturated heterocycles. The van der Waals surface area contributed by atoms with Gasteiger partial charge in [0.2, 0.25) is 0 Å². The molecule has 0 aliphatic heterocycles. The third-order valence-corrected chi connectivity index (χ3v) is 5.21. The smallest absolute Gasteiger partial charge is 0.337 e. The minimum absolute atomic E-state index is 0.162. The Hall–Kier alpha value is -4.44. The van der Waals surface area contributed by atoms with Crippen molar-refractivity contribution < 1.29 is 9.90 Å². The summed E-state index contributed by atoms with van der Waals surface area (Å²) in [6.45, 7) is 3.78. The number of carboxylic acids is 1. The normalized spacial score (nSPS) is 11.7. The van der Waals surface area contributed by atoms with Crippen LogP contribution in [-0.2, 0) is 0 Å². The summed E-state index contributed by atoms with van der Waals surface area (Å²) in [4.78, 5) is 29.2. The Morgan fingerprint density at radius 3 is 2.69 bits per heavy atom. The highest BCUT2D eigenvalue weighted by molar-refractivity contribution is 5.94. The summed E-state index contributed by atoms with van der Waals surface area (Å²) >= 11 is 0. The zero-order chi connectivity index (χ0) is 22.8. The van der Waals surface area contributed by atoms with Crippen LogP contribution in [0, 0.1) is 18.3 Å². The van der Waals surface area contributed by atoms with Crippen LogP contribution in [-0.4, -0.2) is 20.5 Å². The molecule has 7 nitrogen and oxygen atoms in total. The van der Waals surface area contributed by atoms with E-state index in [0.717, 1.165) is 11.1 Å². The molecular weight excluding hydrogens is 404 g/mol. The van der Waals surface area contributed by atoms with Crippen LogP contribution in [0.2, 0.25) is 0 Å². The maximum atomic E-state index is 12.9. The number of anilines is 1. The Bertz CT molecular complexity index is 1450. The first kappa shape index (κ1) is 20.8. The van der Waals surface area contributed by atoms with E-state index in [4.69, 9.17) is 4.98 Å². The maximum absolute atomic E-state index is 12.9. The lowest BCUT2D eigenvalue weighted by Crippen LogP contribution is -2.19. The average molecular weight is 424 g/mol. The molecular formula is C25H20N4O3. The summed E-state index contributed by atoms with van der Waals surface area (Å²) in [5.74, 6) is -1.02. The van der Waals surface area contributed by atoms with Gasteiger partial charge in [-0.1, -0.05) is 24.3 Å². The predicted octanol–water partition coefficient (Wildman–Crippen LogP) is 4.41. The highest BCUT2D eigenvalue weighted by Gasteiger charge is 2.17. The van der Waals surface area contributed by atoms with E-state index < -0.39 is 5.97 Å². The van der Waals surface area contributed by atoms with Crippen molar-refractivity contribution in [2.75, 3.05) is 5.32 Å². The van der Waals surface area contributed by atoms with E-state index in [2.05, 4.69) is 11.4 Å². The quantitative estimate of drug-likeness (QED) is 0.491. The van der Waals surface area contributed by atoms with Gasteiger partial charge < -0.3 is 10.4 Å². The lowest BCUT2D eigenvalue weighted by atomic mass is 10.0. The number of fused-ring (bicyclic) bond motifs is 1. The van der Waals surface area contributed by atoms with E-state index >= 15 is 0 Å². The fourth-order valence-electron chi connectivity index (χ4n) is 3.69. The van der Waals surface area contributed by atoms with E-state index in [1.54, 1.807) is 48.7 Å². The zero-order valence-corrected chi connectivity index (χ0v) is 17.5. The van der Waals surface area contributed by atoms with Crippen molar-refractivity contribution in [2.45, 2.75) is 19.9 Å². The summed E-state index contributed by atoms with van der Waals surface area (Å²) in [6.07, 6.45) is 1.72. The number of nitrogens with one attached hydrogen (secondary N) is 1. The lowest BCUT2D eigenvalue weighted by Gasteiger charge is -2.20. The molecule has 1 atom stereocenters. The molecule has 0 radical (unpaired) electrons. The molecule has 0 amide bonds. The van der Waals surface area contributed by atoms with Gasteiger partial charge in [0, 0.05) is 29.1 Å². The van der Waals surface area contributed by atoms with Crippen LogP contribution in [0.1, 0.15) is 40.0 Å². The standard InChI is InChI=1S/C25H20N4O3/c1-15-10-20(16(2)27-21-9-4-3-8-19(21)25(31)32)24-28-22(12-23(30)29(24)14-15)18-7-5-6-17(11-18)13-26/h3-12,14,16,27H,1-2H3,(H,31,32). The van der Waals surface area contributed by atoms with Crippen LogP contribution in [0.25, 0.3) is 16.9 Å². The maximum Gasteiger partial charge on any atom is 0.337 e. The Kier molecular flexibility index (Phi) is 5.44. The van der Waals surface area contributed by atoms with E-state index in [0.29, 0.717) is 28.2 Å². The molecule has 2 N–H and O–H groups in total. The van der Waals surface area contributed by atoms with Gasteiger partial charge in [0.15, 0.2) is 0 Å². The number of hydrogen-bond acceptors (Lipinski definition) is 5. The van der Waals surface area contributed by atoms with Crippen molar-refractivity contribution in [1.82, 2.24) is 9.38 Å². The largest absolute Gasteiger partial charge is 0.478 e. The van der Waals surface area contributed by atoms with Crippen molar-refractivity contribution in [3.05, 3.63) is 99.5 Å². The van der Waals surface area contributed by atoms with Gasteiger partial charge in [-0.3, -0.25) is 9.20 Å². The number of carbonyl (C=O) groups is 1. The van der Waals surface area contributed by atoms with E-state index in [1.165, 1.54) is 16.5 Å². The molecule has 32 heavy (non-hydrogen) atoms. The highest BCUT2D eigenvalue weighted by atomic mass is 16.4. The van der Waals surface area contributed by atoms with Gasteiger partial charge in [0.05, 0.1) is 28.9 Å². The van der Waals surface area contributed by atoms with Gasteiger partial charge in [0.1, 0.15) is 5.65 Å². The van der Waals surface area contributed by atoms with Crippen molar-refractivity contribution in [2.24, 2.45) is 0 Å². The van der Waals surface area contributed by atoms with Gasteiger partial charge >= 0.3 is 5.97 Å². The van der Waals surface area contributed by atoms with Crippen molar-refractivity contribution in [1.29, 1.82) is 5.26 Å². The number of para-hydroxylation sites is 1. The third kappa shape index (κ3) is 3.94. The molecule has 0 aliphatic rings. The summed E-state index contributed by atoms with van der Waals surface area (Å²) < 4.78 is 1.49. The van der Waals surface area contributed by atoms with E-state index in [1.807, 2.05) is 19.9 Å². The van der Waals surface area contributed by atoms with Crippen LogP contribution < -0.4 is 10.9 Å². The second-order valence-corrected chi connectivity index (χ2v) is 7.56.